The summed E-state index contributed by atoms with van der Waals surface area (Å²) in [6, 6.07) is 3.74. The van der Waals surface area contributed by atoms with E-state index in [9.17, 15) is 4.57 Å². The first kappa shape index (κ1) is 13.8. The first-order valence-electron chi connectivity index (χ1n) is 6.24. The average molecular weight is 311 g/mol. The molecule has 1 aromatic carbocycles. The molecule has 1 aromatic heterocycles. The van der Waals surface area contributed by atoms with E-state index in [0.717, 1.165) is 24.1 Å². The number of rotatable bonds is 4. The second kappa shape index (κ2) is 4.97. The molecule has 0 unspecified atom stereocenters. The highest BCUT2D eigenvalue weighted by molar-refractivity contribution is 7.51. The average Bonchev–Trinajstić information content (AvgIpc) is 2.95. The van der Waals surface area contributed by atoms with Gasteiger partial charge in [-0.25, -0.2) is 4.98 Å². The van der Waals surface area contributed by atoms with Gasteiger partial charge in [0.15, 0.2) is 6.35 Å². The molecule has 5 nitrogen and oxygen atoms in total. The monoisotopic (exact) mass is 311 g/mol. The topological polar surface area (TPSA) is 79.7 Å². The highest BCUT2D eigenvalue weighted by atomic mass is 32.1. The lowest BCUT2D eigenvalue weighted by molar-refractivity contribution is 0.301. The minimum atomic E-state index is -4.18. The fourth-order valence-electron chi connectivity index (χ4n) is 2.50. The van der Waals surface area contributed by atoms with E-state index in [2.05, 4.69) is 11.9 Å². The number of aryl methyl sites for hydroxylation is 1. The van der Waals surface area contributed by atoms with E-state index in [0.29, 0.717) is 5.75 Å². The first-order chi connectivity index (χ1) is 9.49. The molecular formula is C13H14NO4PS. The first-order valence-corrected chi connectivity index (χ1v) is 8.92. The summed E-state index contributed by atoms with van der Waals surface area (Å²) in [4.78, 5) is 23.5. The van der Waals surface area contributed by atoms with E-state index in [1.54, 1.807) is 22.9 Å². The SMILES string of the molecule is CCc1ccc(OCP(=O)(O)O)c2c1Cc1scnc1-2. The highest BCUT2D eigenvalue weighted by Crippen LogP contribution is 2.46. The summed E-state index contributed by atoms with van der Waals surface area (Å²) in [5.41, 5.74) is 5.98. The maximum absolute atomic E-state index is 11.0. The van der Waals surface area contributed by atoms with Crippen molar-refractivity contribution >= 4 is 18.9 Å². The Balaban J connectivity index is 2.05. The van der Waals surface area contributed by atoms with Crippen LogP contribution in [0.1, 0.15) is 22.9 Å². The van der Waals surface area contributed by atoms with E-state index in [4.69, 9.17) is 14.5 Å². The molecular weight excluding hydrogens is 297 g/mol. The summed E-state index contributed by atoms with van der Waals surface area (Å²) in [6.07, 6.45) is 1.13. The number of ether oxygens (including phenoxy) is 1. The van der Waals surface area contributed by atoms with Crippen LogP contribution in [0.2, 0.25) is 0 Å². The van der Waals surface area contributed by atoms with Crippen LogP contribution in [-0.4, -0.2) is 21.1 Å². The zero-order chi connectivity index (χ0) is 14.3. The Morgan fingerprint density at radius 2 is 2.25 bits per heavy atom. The lowest BCUT2D eigenvalue weighted by atomic mass is 10.00. The van der Waals surface area contributed by atoms with Crippen molar-refractivity contribution in [2.24, 2.45) is 0 Å². The minimum absolute atomic E-state index is 0.505. The van der Waals surface area contributed by atoms with E-state index in [1.165, 1.54) is 16.0 Å². The second-order valence-electron chi connectivity index (χ2n) is 4.67. The summed E-state index contributed by atoms with van der Waals surface area (Å²) < 4.78 is 16.3. The summed E-state index contributed by atoms with van der Waals surface area (Å²) >= 11 is 1.60. The predicted octanol–water partition coefficient (Wildman–Crippen LogP) is 2.79. The van der Waals surface area contributed by atoms with Crippen molar-refractivity contribution < 1.29 is 19.1 Å². The van der Waals surface area contributed by atoms with Gasteiger partial charge in [-0.3, -0.25) is 4.57 Å². The third-order valence-corrected chi connectivity index (χ3v) is 4.65. The summed E-state index contributed by atoms with van der Waals surface area (Å²) in [5.74, 6) is 0.505. The summed E-state index contributed by atoms with van der Waals surface area (Å²) in [6.45, 7) is 2.09. The van der Waals surface area contributed by atoms with Gasteiger partial charge in [-0.05, 0) is 23.6 Å². The van der Waals surface area contributed by atoms with Crippen LogP contribution in [0, 0.1) is 0 Å². The highest BCUT2D eigenvalue weighted by Gasteiger charge is 2.28. The summed E-state index contributed by atoms with van der Waals surface area (Å²) in [7, 11) is -4.18. The Hall–Kier alpha value is -1.20. The van der Waals surface area contributed by atoms with Gasteiger partial charge < -0.3 is 14.5 Å². The van der Waals surface area contributed by atoms with Crippen LogP contribution in [0.15, 0.2) is 17.6 Å². The molecule has 0 saturated heterocycles. The van der Waals surface area contributed by atoms with Crippen LogP contribution in [0.4, 0.5) is 0 Å². The van der Waals surface area contributed by atoms with E-state index in [-0.39, 0.29) is 0 Å². The van der Waals surface area contributed by atoms with Crippen LogP contribution in [-0.2, 0) is 17.4 Å². The zero-order valence-corrected chi connectivity index (χ0v) is 12.6. The van der Waals surface area contributed by atoms with E-state index >= 15 is 0 Å². The molecule has 0 amide bonds. The van der Waals surface area contributed by atoms with Gasteiger partial charge in [-0.15, -0.1) is 11.3 Å². The Bertz CT molecular complexity index is 706. The lowest BCUT2D eigenvalue weighted by Gasteiger charge is -2.14. The van der Waals surface area contributed by atoms with Crippen LogP contribution >= 0.6 is 18.9 Å². The third-order valence-electron chi connectivity index (χ3n) is 3.36. The summed E-state index contributed by atoms with van der Waals surface area (Å²) in [5, 5.41) is 0. The van der Waals surface area contributed by atoms with E-state index < -0.39 is 13.9 Å². The van der Waals surface area contributed by atoms with Crippen molar-refractivity contribution in [3.8, 4) is 17.0 Å². The second-order valence-corrected chi connectivity index (χ2v) is 7.20. The molecule has 0 fully saturated rings. The van der Waals surface area contributed by atoms with Gasteiger partial charge in [0.25, 0.3) is 0 Å². The Morgan fingerprint density at radius 1 is 1.45 bits per heavy atom. The molecule has 0 bridgehead atoms. The number of nitrogens with zero attached hydrogens (tertiary/aromatic N) is 1. The largest absolute Gasteiger partial charge is 0.480 e. The molecule has 106 valence electrons. The van der Waals surface area contributed by atoms with Crippen molar-refractivity contribution in [3.05, 3.63) is 33.6 Å². The molecule has 0 saturated carbocycles. The fourth-order valence-corrected chi connectivity index (χ4v) is 3.58. The molecule has 0 spiro atoms. The smallest absolute Gasteiger partial charge is 0.362 e. The van der Waals surface area contributed by atoms with Crippen molar-refractivity contribution in [1.82, 2.24) is 4.98 Å². The van der Waals surface area contributed by atoms with E-state index in [1.807, 2.05) is 6.07 Å². The lowest BCUT2D eigenvalue weighted by Crippen LogP contribution is -2.01. The Labute approximate surface area is 120 Å². The van der Waals surface area contributed by atoms with Crippen molar-refractivity contribution in [3.63, 3.8) is 0 Å². The van der Waals surface area contributed by atoms with Gasteiger partial charge in [0.2, 0.25) is 0 Å². The van der Waals surface area contributed by atoms with Gasteiger partial charge in [0, 0.05) is 16.9 Å². The molecule has 0 radical (unpaired) electrons. The number of hydrogen-bond acceptors (Lipinski definition) is 4. The molecule has 20 heavy (non-hydrogen) atoms. The molecule has 7 heteroatoms. The normalized spacial score (nSPS) is 13.2. The number of aromatic nitrogens is 1. The molecule has 2 aromatic rings. The maximum atomic E-state index is 11.0. The maximum Gasteiger partial charge on any atom is 0.362 e. The standard InChI is InChI=1S/C13H14NO4PS/c1-2-8-3-4-10(18-7-19(15,16)17)12-9(8)5-11-13(12)14-6-20-11/h3-4,6H,2,5,7H2,1H3,(H2,15,16,17). The predicted molar refractivity (Wildman–Crippen MR) is 77.3 cm³/mol. The number of thiazole rings is 1. The Kier molecular flexibility index (Phi) is 3.42. The van der Waals surface area contributed by atoms with Gasteiger partial charge in [0.05, 0.1) is 11.2 Å². The van der Waals surface area contributed by atoms with Crippen LogP contribution < -0.4 is 4.74 Å². The molecule has 1 aliphatic carbocycles. The zero-order valence-electron chi connectivity index (χ0n) is 10.9. The molecule has 3 rings (SSSR count). The fraction of sp³-hybridized carbons (Fsp3) is 0.308. The van der Waals surface area contributed by atoms with Crippen LogP contribution in [0.5, 0.6) is 5.75 Å². The third kappa shape index (κ3) is 2.40. The Morgan fingerprint density at radius 3 is 2.95 bits per heavy atom. The van der Waals surface area contributed by atoms with Crippen molar-refractivity contribution in [2.45, 2.75) is 19.8 Å². The molecule has 1 heterocycles. The van der Waals surface area contributed by atoms with Crippen LogP contribution in [0.25, 0.3) is 11.3 Å². The number of benzene rings is 1. The minimum Gasteiger partial charge on any atom is -0.480 e. The molecule has 1 aliphatic rings. The van der Waals surface area contributed by atoms with Crippen molar-refractivity contribution in [2.75, 3.05) is 6.35 Å². The number of hydrogen-bond donors (Lipinski definition) is 2. The number of fused-ring (bicyclic) bond motifs is 3. The van der Waals surface area contributed by atoms with Crippen LogP contribution in [0.3, 0.4) is 0 Å². The molecule has 2 N–H and O–H groups in total. The van der Waals surface area contributed by atoms with Gasteiger partial charge in [0.1, 0.15) is 5.75 Å². The van der Waals surface area contributed by atoms with Crippen molar-refractivity contribution in [1.29, 1.82) is 0 Å². The quantitative estimate of drug-likeness (QED) is 0.724. The van der Waals surface area contributed by atoms with Gasteiger partial charge >= 0.3 is 7.60 Å². The molecule has 0 aliphatic heterocycles. The van der Waals surface area contributed by atoms with Gasteiger partial charge in [-0.2, -0.15) is 0 Å². The molecule has 0 atom stereocenters. The van der Waals surface area contributed by atoms with Gasteiger partial charge in [-0.1, -0.05) is 13.0 Å².